The van der Waals surface area contributed by atoms with E-state index in [-0.39, 0.29) is 29.6 Å². The second-order valence-electron chi connectivity index (χ2n) is 7.41. The van der Waals surface area contributed by atoms with Crippen LogP contribution in [-0.4, -0.2) is 42.5 Å². The van der Waals surface area contributed by atoms with Gasteiger partial charge >= 0.3 is 0 Å². The molecule has 0 bridgehead atoms. The average molecular weight is 398 g/mol. The number of hydrogen-bond donors (Lipinski definition) is 1. The van der Waals surface area contributed by atoms with Gasteiger partial charge in [0.2, 0.25) is 5.91 Å². The van der Waals surface area contributed by atoms with Crippen molar-refractivity contribution in [1.29, 1.82) is 0 Å². The van der Waals surface area contributed by atoms with E-state index in [4.69, 9.17) is 4.74 Å². The molecule has 2 aromatic carbocycles. The number of benzene rings is 2. The molecule has 0 aromatic heterocycles. The molecule has 2 aromatic rings. The Morgan fingerprint density at radius 3 is 2.48 bits per heavy atom. The SMILES string of the molecule is CCC(CC(=O)Nc1ccc(C(=O)N2CCOCC2C)cc1)c1ccc(F)cc1. The van der Waals surface area contributed by atoms with Crippen LogP contribution in [0.25, 0.3) is 0 Å². The van der Waals surface area contributed by atoms with E-state index in [0.29, 0.717) is 37.4 Å². The number of ether oxygens (including phenoxy) is 1. The van der Waals surface area contributed by atoms with Crippen LogP contribution in [0.5, 0.6) is 0 Å². The first kappa shape index (κ1) is 21.0. The highest BCUT2D eigenvalue weighted by molar-refractivity contribution is 5.96. The summed E-state index contributed by atoms with van der Waals surface area (Å²) >= 11 is 0. The quantitative estimate of drug-likeness (QED) is 0.793. The molecule has 1 aliphatic heterocycles. The Labute approximate surface area is 170 Å². The van der Waals surface area contributed by atoms with Gasteiger partial charge in [-0.2, -0.15) is 0 Å². The van der Waals surface area contributed by atoms with Crippen molar-refractivity contribution in [2.45, 2.75) is 38.6 Å². The number of carbonyl (C=O) groups excluding carboxylic acids is 2. The number of carbonyl (C=O) groups is 2. The van der Waals surface area contributed by atoms with Crippen molar-refractivity contribution in [2.75, 3.05) is 25.1 Å². The summed E-state index contributed by atoms with van der Waals surface area (Å²) in [5, 5.41) is 2.88. The minimum atomic E-state index is -0.283. The Morgan fingerprint density at radius 1 is 1.17 bits per heavy atom. The number of rotatable bonds is 6. The number of anilines is 1. The zero-order valence-electron chi connectivity index (χ0n) is 16.9. The van der Waals surface area contributed by atoms with E-state index in [9.17, 15) is 14.0 Å². The second kappa shape index (κ2) is 9.65. The van der Waals surface area contributed by atoms with Crippen molar-refractivity contribution in [3.8, 4) is 0 Å². The van der Waals surface area contributed by atoms with Crippen LogP contribution >= 0.6 is 0 Å². The van der Waals surface area contributed by atoms with E-state index in [2.05, 4.69) is 5.32 Å². The average Bonchev–Trinajstić information content (AvgIpc) is 2.73. The van der Waals surface area contributed by atoms with Crippen LogP contribution in [0.15, 0.2) is 48.5 Å². The number of nitrogens with one attached hydrogen (secondary N) is 1. The van der Waals surface area contributed by atoms with Gasteiger partial charge in [0.1, 0.15) is 5.82 Å². The fraction of sp³-hybridized carbons (Fsp3) is 0.391. The lowest BCUT2D eigenvalue weighted by Crippen LogP contribution is -2.47. The highest BCUT2D eigenvalue weighted by atomic mass is 19.1. The third-order valence-corrected chi connectivity index (χ3v) is 5.31. The van der Waals surface area contributed by atoms with E-state index in [1.165, 1.54) is 12.1 Å². The van der Waals surface area contributed by atoms with Crippen molar-refractivity contribution >= 4 is 17.5 Å². The maximum atomic E-state index is 13.1. The lowest BCUT2D eigenvalue weighted by atomic mass is 9.93. The normalized spacial score (nSPS) is 17.6. The van der Waals surface area contributed by atoms with Crippen LogP contribution in [-0.2, 0) is 9.53 Å². The summed E-state index contributed by atoms with van der Waals surface area (Å²) in [6.07, 6.45) is 1.10. The van der Waals surface area contributed by atoms with E-state index in [1.807, 2.05) is 18.7 Å². The molecule has 0 saturated carbocycles. The van der Waals surface area contributed by atoms with Gasteiger partial charge in [0, 0.05) is 24.2 Å². The summed E-state index contributed by atoms with van der Waals surface area (Å²) in [5.41, 5.74) is 2.19. The van der Waals surface area contributed by atoms with Crippen LogP contribution in [0.3, 0.4) is 0 Å². The minimum Gasteiger partial charge on any atom is -0.377 e. The lowest BCUT2D eigenvalue weighted by molar-refractivity contribution is -0.116. The van der Waals surface area contributed by atoms with Gasteiger partial charge in [0.05, 0.1) is 19.3 Å². The van der Waals surface area contributed by atoms with Crippen molar-refractivity contribution in [3.05, 3.63) is 65.5 Å². The molecule has 1 aliphatic rings. The van der Waals surface area contributed by atoms with Gasteiger partial charge < -0.3 is 15.0 Å². The summed E-state index contributed by atoms with van der Waals surface area (Å²) in [6.45, 7) is 5.66. The van der Waals surface area contributed by atoms with Crippen molar-refractivity contribution in [1.82, 2.24) is 4.90 Å². The maximum Gasteiger partial charge on any atom is 0.254 e. The molecular weight excluding hydrogens is 371 g/mol. The Balaban J connectivity index is 1.59. The van der Waals surface area contributed by atoms with E-state index in [0.717, 1.165) is 12.0 Å². The Bertz CT molecular complexity index is 836. The summed E-state index contributed by atoms with van der Waals surface area (Å²) in [4.78, 5) is 26.9. The van der Waals surface area contributed by atoms with Gasteiger partial charge in [-0.05, 0) is 61.2 Å². The van der Waals surface area contributed by atoms with Crippen molar-refractivity contribution in [3.63, 3.8) is 0 Å². The minimum absolute atomic E-state index is 0.0268. The number of nitrogens with zero attached hydrogens (tertiary/aromatic N) is 1. The van der Waals surface area contributed by atoms with Gasteiger partial charge in [-0.25, -0.2) is 4.39 Å². The second-order valence-corrected chi connectivity index (χ2v) is 7.41. The molecule has 1 saturated heterocycles. The third kappa shape index (κ3) is 5.41. The summed E-state index contributed by atoms with van der Waals surface area (Å²) in [7, 11) is 0. The highest BCUT2D eigenvalue weighted by Gasteiger charge is 2.24. The summed E-state index contributed by atoms with van der Waals surface area (Å²) in [6, 6.07) is 13.3. The molecular formula is C23H27FN2O3. The lowest BCUT2D eigenvalue weighted by Gasteiger charge is -2.33. The molecule has 3 rings (SSSR count). The highest BCUT2D eigenvalue weighted by Crippen LogP contribution is 2.24. The van der Waals surface area contributed by atoms with Crippen molar-refractivity contribution < 1.29 is 18.7 Å². The molecule has 1 N–H and O–H groups in total. The molecule has 6 heteroatoms. The number of morpholine rings is 1. The molecule has 5 nitrogen and oxygen atoms in total. The van der Waals surface area contributed by atoms with E-state index >= 15 is 0 Å². The van der Waals surface area contributed by atoms with Gasteiger partial charge in [-0.1, -0.05) is 19.1 Å². The predicted octanol–water partition coefficient (Wildman–Crippen LogP) is 4.21. The molecule has 1 heterocycles. The van der Waals surface area contributed by atoms with Crippen LogP contribution in [0.1, 0.15) is 48.5 Å². The largest absolute Gasteiger partial charge is 0.377 e. The van der Waals surface area contributed by atoms with Gasteiger partial charge in [-0.3, -0.25) is 9.59 Å². The number of hydrogen-bond acceptors (Lipinski definition) is 3. The van der Waals surface area contributed by atoms with Crippen LogP contribution in [0.4, 0.5) is 10.1 Å². The Morgan fingerprint density at radius 2 is 1.86 bits per heavy atom. The predicted molar refractivity (Wildman–Crippen MR) is 110 cm³/mol. The number of halogens is 1. The molecule has 0 aliphatic carbocycles. The fourth-order valence-electron chi connectivity index (χ4n) is 3.56. The first-order chi connectivity index (χ1) is 14.0. The summed E-state index contributed by atoms with van der Waals surface area (Å²) in [5.74, 6) is -0.392. The fourth-order valence-corrected chi connectivity index (χ4v) is 3.56. The van der Waals surface area contributed by atoms with Gasteiger partial charge in [-0.15, -0.1) is 0 Å². The van der Waals surface area contributed by atoms with E-state index in [1.54, 1.807) is 36.4 Å². The molecule has 2 amide bonds. The Hall–Kier alpha value is -2.73. The molecule has 0 radical (unpaired) electrons. The van der Waals surface area contributed by atoms with Crippen LogP contribution in [0.2, 0.25) is 0 Å². The first-order valence-corrected chi connectivity index (χ1v) is 10.0. The summed E-state index contributed by atoms with van der Waals surface area (Å²) < 4.78 is 18.5. The zero-order chi connectivity index (χ0) is 20.8. The van der Waals surface area contributed by atoms with Crippen LogP contribution < -0.4 is 5.32 Å². The van der Waals surface area contributed by atoms with Gasteiger partial charge in [0.25, 0.3) is 5.91 Å². The molecule has 29 heavy (non-hydrogen) atoms. The first-order valence-electron chi connectivity index (χ1n) is 10.0. The van der Waals surface area contributed by atoms with Crippen molar-refractivity contribution in [2.24, 2.45) is 0 Å². The standard InChI is InChI=1S/C23H27FN2O3/c1-3-17(18-4-8-20(24)9-5-18)14-22(27)25-21-10-6-19(7-11-21)23(28)26-12-13-29-15-16(26)2/h4-11,16-17H,3,12-15H2,1-2H3,(H,25,27). The van der Waals surface area contributed by atoms with E-state index < -0.39 is 0 Å². The maximum absolute atomic E-state index is 13.1. The Kier molecular flexibility index (Phi) is 6.99. The molecule has 0 spiro atoms. The molecule has 2 unspecified atom stereocenters. The molecule has 154 valence electrons. The van der Waals surface area contributed by atoms with Crippen LogP contribution in [0, 0.1) is 5.82 Å². The zero-order valence-corrected chi connectivity index (χ0v) is 16.9. The topological polar surface area (TPSA) is 58.6 Å². The molecule has 2 atom stereocenters. The molecule has 1 fully saturated rings. The monoisotopic (exact) mass is 398 g/mol. The number of amides is 2. The smallest absolute Gasteiger partial charge is 0.254 e. The van der Waals surface area contributed by atoms with Gasteiger partial charge in [0.15, 0.2) is 0 Å². The third-order valence-electron chi connectivity index (χ3n) is 5.31.